The lowest BCUT2D eigenvalue weighted by Gasteiger charge is -2.08. The van der Waals surface area contributed by atoms with Gasteiger partial charge in [0.2, 0.25) is 0 Å². The lowest BCUT2D eigenvalue weighted by atomic mass is 10.1. The zero-order chi connectivity index (χ0) is 11.0. The molecule has 2 rings (SSSR count). The van der Waals surface area contributed by atoms with Crippen molar-refractivity contribution in [1.29, 1.82) is 0 Å². The maximum atomic E-state index is 10.2. The Hall–Kier alpha value is 0.800. The summed E-state index contributed by atoms with van der Waals surface area (Å²) >= 11 is 13.4. The number of thiophene rings is 2. The van der Waals surface area contributed by atoms with Crippen LogP contribution in [0, 0.1) is 0 Å². The van der Waals surface area contributed by atoms with Gasteiger partial charge in [-0.15, -0.1) is 11.3 Å². The highest BCUT2D eigenvalue weighted by Crippen LogP contribution is 2.40. The first-order valence-corrected chi connectivity index (χ1v) is 8.08. The first kappa shape index (κ1) is 12.3. The van der Waals surface area contributed by atoms with Gasteiger partial charge in [-0.3, -0.25) is 0 Å². The molecule has 6 heteroatoms. The molecule has 15 heavy (non-hydrogen) atoms. The van der Waals surface area contributed by atoms with Crippen LogP contribution >= 0.6 is 70.5 Å². The quantitative estimate of drug-likeness (QED) is 0.693. The van der Waals surface area contributed by atoms with E-state index in [1.54, 1.807) is 22.7 Å². The summed E-state index contributed by atoms with van der Waals surface area (Å²) in [6.07, 6.45) is -0.581. The predicted molar refractivity (Wildman–Crippen MR) is 75.8 cm³/mol. The Morgan fingerprint density at radius 2 is 1.87 bits per heavy atom. The number of aliphatic hydroxyl groups is 1. The summed E-state index contributed by atoms with van der Waals surface area (Å²) in [5, 5.41) is 14.1. The molecule has 0 spiro atoms. The van der Waals surface area contributed by atoms with Crippen LogP contribution in [0.15, 0.2) is 28.9 Å². The van der Waals surface area contributed by atoms with Gasteiger partial charge in [0, 0.05) is 21.0 Å². The van der Waals surface area contributed by atoms with E-state index in [0.29, 0.717) is 0 Å². The first-order valence-electron chi connectivity index (χ1n) is 3.94. The van der Waals surface area contributed by atoms with Gasteiger partial charge in [-0.2, -0.15) is 11.3 Å². The largest absolute Gasteiger partial charge is 0.384 e. The molecule has 0 aromatic carbocycles. The fourth-order valence-electron chi connectivity index (χ4n) is 1.19. The molecule has 0 bridgehead atoms. The molecule has 0 saturated carbocycles. The molecule has 80 valence electrons. The van der Waals surface area contributed by atoms with Crippen molar-refractivity contribution in [2.75, 3.05) is 0 Å². The number of hydrogen-bond donors (Lipinski definition) is 1. The van der Waals surface area contributed by atoms with Crippen LogP contribution in [0.25, 0.3) is 0 Å². The summed E-state index contributed by atoms with van der Waals surface area (Å²) in [4.78, 5) is 0. The number of aliphatic hydroxyl groups excluding tert-OH is 1. The van der Waals surface area contributed by atoms with Crippen molar-refractivity contribution in [3.8, 4) is 0 Å². The SMILES string of the molecule is OC(c1cscc1Br)c1cc(Br)sc1Br. The number of hydrogen-bond acceptors (Lipinski definition) is 3. The van der Waals surface area contributed by atoms with Gasteiger partial charge in [0.15, 0.2) is 0 Å². The first-order chi connectivity index (χ1) is 7.09. The van der Waals surface area contributed by atoms with E-state index in [1.807, 2.05) is 16.8 Å². The Labute approximate surface area is 121 Å². The van der Waals surface area contributed by atoms with E-state index in [-0.39, 0.29) is 0 Å². The highest BCUT2D eigenvalue weighted by molar-refractivity contribution is 9.12. The van der Waals surface area contributed by atoms with E-state index < -0.39 is 6.10 Å². The third-order valence-corrected chi connectivity index (χ3v) is 6.05. The van der Waals surface area contributed by atoms with Gasteiger partial charge in [-0.25, -0.2) is 0 Å². The van der Waals surface area contributed by atoms with Gasteiger partial charge < -0.3 is 5.11 Å². The van der Waals surface area contributed by atoms with Gasteiger partial charge in [0.05, 0.1) is 7.57 Å². The van der Waals surface area contributed by atoms with Crippen molar-refractivity contribution in [2.24, 2.45) is 0 Å². The van der Waals surface area contributed by atoms with Crippen molar-refractivity contribution in [2.45, 2.75) is 6.10 Å². The van der Waals surface area contributed by atoms with Crippen molar-refractivity contribution in [3.05, 3.63) is 40.0 Å². The average molecular weight is 433 g/mol. The molecule has 2 aromatic rings. The maximum absolute atomic E-state index is 10.2. The number of halogens is 3. The summed E-state index contributed by atoms with van der Waals surface area (Å²) < 4.78 is 2.92. The van der Waals surface area contributed by atoms with E-state index in [2.05, 4.69) is 47.8 Å². The van der Waals surface area contributed by atoms with Crippen molar-refractivity contribution < 1.29 is 5.11 Å². The van der Waals surface area contributed by atoms with Crippen LogP contribution in [0.3, 0.4) is 0 Å². The van der Waals surface area contributed by atoms with Gasteiger partial charge >= 0.3 is 0 Å². The molecule has 1 unspecified atom stereocenters. The highest BCUT2D eigenvalue weighted by Gasteiger charge is 2.19. The fraction of sp³-hybridized carbons (Fsp3) is 0.111. The molecule has 0 amide bonds. The summed E-state index contributed by atoms with van der Waals surface area (Å²) in [5.74, 6) is 0. The molecule has 0 aliphatic rings. The minimum Gasteiger partial charge on any atom is -0.384 e. The minimum atomic E-state index is -0.581. The Bertz CT molecular complexity index is 477. The summed E-state index contributed by atoms with van der Waals surface area (Å²) in [6.45, 7) is 0. The van der Waals surface area contributed by atoms with Crippen LogP contribution in [-0.2, 0) is 0 Å². The lowest BCUT2D eigenvalue weighted by Crippen LogP contribution is -1.97. The molecule has 1 nitrogen and oxygen atoms in total. The van der Waals surface area contributed by atoms with Crippen molar-refractivity contribution >= 4 is 70.5 Å². The van der Waals surface area contributed by atoms with Crippen molar-refractivity contribution in [1.82, 2.24) is 0 Å². The van der Waals surface area contributed by atoms with Crippen molar-refractivity contribution in [3.63, 3.8) is 0 Å². The zero-order valence-corrected chi connectivity index (χ0v) is 13.6. The number of rotatable bonds is 2. The van der Waals surface area contributed by atoms with Crippen LogP contribution in [-0.4, -0.2) is 5.11 Å². The Kier molecular flexibility index (Phi) is 4.07. The Morgan fingerprint density at radius 1 is 1.13 bits per heavy atom. The van der Waals surface area contributed by atoms with Crippen LogP contribution in [0.1, 0.15) is 17.2 Å². The minimum absolute atomic E-state index is 0.581. The summed E-state index contributed by atoms with van der Waals surface area (Å²) in [5.41, 5.74) is 1.80. The Balaban J connectivity index is 2.40. The predicted octanol–water partition coefficient (Wildman–Crippen LogP) is 5.18. The topological polar surface area (TPSA) is 20.2 Å². The van der Waals surface area contributed by atoms with Crippen LogP contribution < -0.4 is 0 Å². The third kappa shape index (κ3) is 2.56. The lowest BCUT2D eigenvalue weighted by molar-refractivity contribution is 0.220. The van der Waals surface area contributed by atoms with E-state index in [1.165, 1.54) is 0 Å². The van der Waals surface area contributed by atoms with Crippen LogP contribution in [0.5, 0.6) is 0 Å². The zero-order valence-electron chi connectivity index (χ0n) is 7.21. The smallest absolute Gasteiger partial charge is 0.108 e. The fourth-order valence-corrected chi connectivity index (χ4v) is 5.61. The molecule has 2 aromatic heterocycles. The molecule has 1 atom stereocenters. The molecule has 0 saturated heterocycles. The van der Waals surface area contributed by atoms with E-state index in [0.717, 1.165) is 23.2 Å². The maximum Gasteiger partial charge on any atom is 0.108 e. The van der Waals surface area contributed by atoms with Gasteiger partial charge in [-0.1, -0.05) is 0 Å². The van der Waals surface area contributed by atoms with E-state index in [9.17, 15) is 5.11 Å². The van der Waals surface area contributed by atoms with Gasteiger partial charge in [-0.05, 0) is 59.2 Å². The normalized spacial score (nSPS) is 13.1. The van der Waals surface area contributed by atoms with Crippen LogP contribution in [0.2, 0.25) is 0 Å². The second kappa shape index (κ2) is 4.98. The summed E-state index contributed by atoms with van der Waals surface area (Å²) in [7, 11) is 0. The molecule has 0 aliphatic carbocycles. The standard InChI is InChI=1S/C9H5Br3OS2/c10-6-3-14-2-5(6)8(13)4-1-7(11)15-9(4)12/h1-3,8,13H. The van der Waals surface area contributed by atoms with E-state index in [4.69, 9.17) is 0 Å². The van der Waals surface area contributed by atoms with E-state index >= 15 is 0 Å². The molecule has 1 N–H and O–H groups in total. The van der Waals surface area contributed by atoms with Crippen LogP contribution in [0.4, 0.5) is 0 Å². The molecular weight excluding hydrogens is 428 g/mol. The molecule has 0 fully saturated rings. The third-order valence-electron chi connectivity index (χ3n) is 1.91. The monoisotopic (exact) mass is 430 g/mol. The second-order valence-corrected chi connectivity index (χ2v) is 8.20. The van der Waals surface area contributed by atoms with Gasteiger partial charge in [0.1, 0.15) is 6.10 Å². The summed E-state index contributed by atoms with van der Waals surface area (Å²) in [6, 6.07) is 1.93. The molecule has 2 heterocycles. The van der Waals surface area contributed by atoms with Gasteiger partial charge in [0.25, 0.3) is 0 Å². The molecule has 0 aliphatic heterocycles. The average Bonchev–Trinajstić information content (AvgIpc) is 2.71. The second-order valence-electron chi connectivity index (χ2n) is 2.86. The highest BCUT2D eigenvalue weighted by atomic mass is 79.9. The Morgan fingerprint density at radius 3 is 2.33 bits per heavy atom. The molecular formula is C9H5Br3OS2. The molecule has 0 radical (unpaired) electrons.